The molecule has 116 valence electrons. The van der Waals surface area contributed by atoms with Crippen LogP contribution >= 0.6 is 0 Å². The first-order valence-corrected chi connectivity index (χ1v) is 7.69. The highest BCUT2D eigenvalue weighted by molar-refractivity contribution is 5.94. The molecule has 0 atom stereocenters. The molecule has 1 aliphatic rings. The van der Waals surface area contributed by atoms with Crippen LogP contribution in [0.25, 0.3) is 0 Å². The van der Waals surface area contributed by atoms with Crippen LogP contribution in [0, 0.1) is 0 Å². The molecule has 2 rings (SSSR count). The number of piperazine rings is 1. The molecule has 0 bridgehead atoms. The van der Waals surface area contributed by atoms with Gasteiger partial charge in [0.05, 0.1) is 6.61 Å². The Labute approximate surface area is 126 Å². The van der Waals surface area contributed by atoms with Crippen LogP contribution in [-0.2, 0) is 0 Å². The number of carbonyl (C=O) groups excluding carboxylic acids is 1. The van der Waals surface area contributed by atoms with E-state index >= 15 is 0 Å². The Balaban J connectivity index is 1.94. The summed E-state index contributed by atoms with van der Waals surface area (Å²) < 4.78 is 5.59. The van der Waals surface area contributed by atoms with Gasteiger partial charge in [-0.25, -0.2) is 0 Å². The molecule has 0 saturated carbocycles. The molecular formula is C16H25N3O2. The SMILES string of the molecule is CCCOc1cccc(C(=O)N2CCN(CCN)CC2)c1. The zero-order chi connectivity index (χ0) is 15.1. The van der Waals surface area contributed by atoms with Crippen molar-refractivity contribution in [2.24, 2.45) is 5.73 Å². The van der Waals surface area contributed by atoms with E-state index in [9.17, 15) is 4.79 Å². The number of nitrogens with zero attached hydrogens (tertiary/aromatic N) is 2. The summed E-state index contributed by atoms with van der Waals surface area (Å²) in [6.07, 6.45) is 0.960. The first kappa shape index (κ1) is 15.8. The lowest BCUT2D eigenvalue weighted by Gasteiger charge is -2.34. The molecule has 1 aromatic carbocycles. The smallest absolute Gasteiger partial charge is 0.254 e. The second-order valence-corrected chi connectivity index (χ2v) is 5.30. The summed E-state index contributed by atoms with van der Waals surface area (Å²) in [5, 5.41) is 0. The van der Waals surface area contributed by atoms with Crippen molar-refractivity contribution in [1.29, 1.82) is 0 Å². The molecule has 0 radical (unpaired) electrons. The lowest BCUT2D eigenvalue weighted by molar-refractivity contribution is 0.0640. The van der Waals surface area contributed by atoms with E-state index in [1.165, 1.54) is 0 Å². The molecule has 1 amide bonds. The average Bonchev–Trinajstić information content (AvgIpc) is 2.53. The molecule has 1 heterocycles. The third kappa shape index (κ3) is 4.44. The van der Waals surface area contributed by atoms with Crippen LogP contribution in [0.2, 0.25) is 0 Å². The summed E-state index contributed by atoms with van der Waals surface area (Å²) in [7, 11) is 0. The number of hydrogen-bond donors (Lipinski definition) is 1. The molecule has 5 nitrogen and oxygen atoms in total. The number of benzene rings is 1. The highest BCUT2D eigenvalue weighted by Crippen LogP contribution is 2.16. The lowest BCUT2D eigenvalue weighted by atomic mass is 10.1. The Hall–Kier alpha value is -1.59. The number of carbonyl (C=O) groups is 1. The van der Waals surface area contributed by atoms with Crippen molar-refractivity contribution < 1.29 is 9.53 Å². The third-order valence-electron chi connectivity index (χ3n) is 3.66. The van der Waals surface area contributed by atoms with E-state index in [1.807, 2.05) is 29.2 Å². The maximum Gasteiger partial charge on any atom is 0.254 e. The van der Waals surface area contributed by atoms with Gasteiger partial charge in [0.15, 0.2) is 0 Å². The highest BCUT2D eigenvalue weighted by atomic mass is 16.5. The van der Waals surface area contributed by atoms with Crippen molar-refractivity contribution in [2.45, 2.75) is 13.3 Å². The molecule has 0 aliphatic carbocycles. The Bertz CT molecular complexity index is 457. The Morgan fingerprint density at radius 2 is 2.05 bits per heavy atom. The van der Waals surface area contributed by atoms with Gasteiger partial charge in [-0.05, 0) is 24.6 Å². The van der Waals surface area contributed by atoms with E-state index in [-0.39, 0.29) is 5.91 Å². The zero-order valence-corrected chi connectivity index (χ0v) is 12.8. The van der Waals surface area contributed by atoms with Gasteiger partial charge in [0, 0.05) is 44.8 Å². The molecule has 1 aliphatic heterocycles. The molecule has 0 unspecified atom stereocenters. The first-order chi connectivity index (χ1) is 10.2. The van der Waals surface area contributed by atoms with Crippen molar-refractivity contribution >= 4 is 5.91 Å². The molecule has 1 fully saturated rings. The maximum atomic E-state index is 12.5. The summed E-state index contributed by atoms with van der Waals surface area (Å²) in [4.78, 5) is 16.7. The Morgan fingerprint density at radius 3 is 2.71 bits per heavy atom. The topological polar surface area (TPSA) is 58.8 Å². The number of nitrogens with two attached hydrogens (primary N) is 1. The monoisotopic (exact) mass is 291 g/mol. The molecular weight excluding hydrogens is 266 g/mol. The standard InChI is InChI=1S/C16H25N3O2/c1-2-12-21-15-5-3-4-14(13-15)16(20)19-10-8-18(7-6-17)9-11-19/h3-5,13H,2,6-12,17H2,1H3. The highest BCUT2D eigenvalue weighted by Gasteiger charge is 2.21. The normalized spacial score (nSPS) is 16.0. The van der Waals surface area contributed by atoms with Gasteiger partial charge >= 0.3 is 0 Å². The van der Waals surface area contributed by atoms with E-state index in [0.717, 1.165) is 44.9 Å². The van der Waals surface area contributed by atoms with Crippen LogP contribution in [0.1, 0.15) is 23.7 Å². The quantitative estimate of drug-likeness (QED) is 0.855. The van der Waals surface area contributed by atoms with Gasteiger partial charge in [0.2, 0.25) is 0 Å². The molecule has 1 aromatic rings. The summed E-state index contributed by atoms with van der Waals surface area (Å²) >= 11 is 0. The molecule has 21 heavy (non-hydrogen) atoms. The van der Waals surface area contributed by atoms with Crippen LogP contribution in [-0.4, -0.2) is 61.6 Å². The predicted octanol–water partition coefficient (Wildman–Crippen LogP) is 1.19. The first-order valence-electron chi connectivity index (χ1n) is 7.69. The van der Waals surface area contributed by atoms with E-state index < -0.39 is 0 Å². The fourth-order valence-electron chi connectivity index (χ4n) is 2.48. The maximum absolute atomic E-state index is 12.5. The molecule has 0 spiro atoms. The molecule has 2 N–H and O–H groups in total. The Morgan fingerprint density at radius 1 is 1.29 bits per heavy atom. The fourth-order valence-corrected chi connectivity index (χ4v) is 2.48. The van der Waals surface area contributed by atoms with E-state index in [1.54, 1.807) is 0 Å². The van der Waals surface area contributed by atoms with Gasteiger partial charge < -0.3 is 15.4 Å². The summed E-state index contributed by atoms with van der Waals surface area (Å²) in [6, 6.07) is 7.46. The molecule has 0 aromatic heterocycles. The van der Waals surface area contributed by atoms with Crippen LogP contribution in [0.15, 0.2) is 24.3 Å². The lowest BCUT2D eigenvalue weighted by Crippen LogP contribution is -2.49. The number of hydrogen-bond acceptors (Lipinski definition) is 4. The van der Waals surface area contributed by atoms with Crippen LogP contribution < -0.4 is 10.5 Å². The van der Waals surface area contributed by atoms with Crippen LogP contribution in [0.5, 0.6) is 5.75 Å². The minimum absolute atomic E-state index is 0.0874. The summed E-state index contributed by atoms with van der Waals surface area (Å²) in [5.41, 5.74) is 6.27. The molecule has 1 saturated heterocycles. The van der Waals surface area contributed by atoms with E-state index in [0.29, 0.717) is 18.7 Å². The zero-order valence-electron chi connectivity index (χ0n) is 12.8. The van der Waals surface area contributed by atoms with Crippen LogP contribution in [0.3, 0.4) is 0 Å². The number of rotatable bonds is 6. The van der Waals surface area contributed by atoms with Gasteiger partial charge in [-0.3, -0.25) is 9.69 Å². The van der Waals surface area contributed by atoms with Crippen molar-refractivity contribution in [1.82, 2.24) is 9.80 Å². The third-order valence-corrected chi connectivity index (χ3v) is 3.66. The Kier molecular flexibility index (Phi) is 6.02. The minimum Gasteiger partial charge on any atom is -0.494 e. The van der Waals surface area contributed by atoms with Crippen molar-refractivity contribution in [2.75, 3.05) is 45.9 Å². The van der Waals surface area contributed by atoms with Crippen LogP contribution in [0.4, 0.5) is 0 Å². The van der Waals surface area contributed by atoms with Crippen molar-refractivity contribution in [3.8, 4) is 5.75 Å². The second-order valence-electron chi connectivity index (χ2n) is 5.30. The van der Waals surface area contributed by atoms with Crippen molar-refractivity contribution in [3.63, 3.8) is 0 Å². The fraction of sp³-hybridized carbons (Fsp3) is 0.562. The number of ether oxygens (including phenoxy) is 1. The van der Waals surface area contributed by atoms with Crippen molar-refractivity contribution in [3.05, 3.63) is 29.8 Å². The second kappa shape index (κ2) is 8.00. The summed E-state index contributed by atoms with van der Waals surface area (Å²) in [6.45, 7) is 7.64. The van der Waals surface area contributed by atoms with Gasteiger partial charge in [-0.15, -0.1) is 0 Å². The summed E-state index contributed by atoms with van der Waals surface area (Å²) in [5.74, 6) is 0.855. The van der Waals surface area contributed by atoms with E-state index in [4.69, 9.17) is 10.5 Å². The molecule has 5 heteroatoms. The predicted molar refractivity (Wildman–Crippen MR) is 83.6 cm³/mol. The average molecular weight is 291 g/mol. The van der Waals surface area contributed by atoms with E-state index in [2.05, 4.69) is 11.8 Å². The van der Waals surface area contributed by atoms with Gasteiger partial charge in [0.1, 0.15) is 5.75 Å². The van der Waals surface area contributed by atoms with Gasteiger partial charge in [-0.2, -0.15) is 0 Å². The minimum atomic E-state index is 0.0874. The largest absolute Gasteiger partial charge is 0.494 e. The van der Waals surface area contributed by atoms with Gasteiger partial charge in [0.25, 0.3) is 5.91 Å². The van der Waals surface area contributed by atoms with Gasteiger partial charge in [-0.1, -0.05) is 13.0 Å². The number of amides is 1.